The van der Waals surface area contributed by atoms with Gasteiger partial charge in [0.25, 0.3) is 0 Å². The van der Waals surface area contributed by atoms with Crippen LogP contribution in [0.4, 0.5) is 0 Å². The van der Waals surface area contributed by atoms with E-state index >= 15 is 0 Å². The molecule has 1 aromatic rings. The van der Waals surface area contributed by atoms with E-state index < -0.39 is 0 Å². The van der Waals surface area contributed by atoms with Gasteiger partial charge in [0.15, 0.2) is 0 Å². The van der Waals surface area contributed by atoms with E-state index in [0.717, 1.165) is 12.8 Å². The Morgan fingerprint density at radius 3 is 2.93 bits per heavy atom. The van der Waals surface area contributed by atoms with Crippen LogP contribution in [0.2, 0.25) is 0 Å². The zero-order valence-corrected chi connectivity index (χ0v) is 9.47. The summed E-state index contributed by atoms with van der Waals surface area (Å²) in [5.74, 6) is -0.0865. The van der Waals surface area contributed by atoms with Gasteiger partial charge in [-0.15, -0.1) is 11.3 Å². The van der Waals surface area contributed by atoms with Gasteiger partial charge in [0, 0.05) is 11.3 Å². The molecule has 1 rings (SSSR count). The summed E-state index contributed by atoms with van der Waals surface area (Å²) < 4.78 is 5.03. The number of ether oxygens (including phenoxy) is 1. The topological polar surface area (TPSA) is 26.3 Å². The van der Waals surface area contributed by atoms with E-state index in [4.69, 9.17) is 4.74 Å². The molecule has 3 heteroatoms. The predicted octanol–water partition coefficient (Wildman–Crippen LogP) is 3.02. The van der Waals surface area contributed by atoms with Crippen molar-refractivity contribution in [2.45, 2.75) is 39.2 Å². The third kappa shape index (κ3) is 4.42. The highest BCUT2D eigenvalue weighted by molar-refractivity contribution is 7.09. The molecule has 0 unspecified atom stereocenters. The van der Waals surface area contributed by atoms with E-state index in [1.54, 1.807) is 11.3 Å². The van der Waals surface area contributed by atoms with Gasteiger partial charge in [0.1, 0.15) is 0 Å². The molecule has 0 aliphatic carbocycles. The molecule has 0 radical (unpaired) electrons. The van der Waals surface area contributed by atoms with Crippen LogP contribution in [0.3, 0.4) is 0 Å². The second kappa shape index (κ2) is 5.81. The Labute approximate surface area is 88.9 Å². The molecule has 0 saturated heterocycles. The molecule has 1 aromatic heterocycles. The third-order valence-electron chi connectivity index (χ3n) is 1.75. The summed E-state index contributed by atoms with van der Waals surface area (Å²) >= 11 is 1.74. The van der Waals surface area contributed by atoms with Crippen molar-refractivity contribution in [3.8, 4) is 0 Å². The monoisotopic (exact) mass is 212 g/mol. The van der Waals surface area contributed by atoms with Crippen molar-refractivity contribution in [2.75, 3.05) is 0 Å². The van der Waals surface area contributed by atoms with Crippen LogP contribution in [0, 0.1) is 0 Å². The second-order valence-electron chi connectivity index (χ2n) is 3.47. The molecule has 0 fully saturated rings. The summed E-state index contributed by atoms with van der Waals surface area (Å²) in [6, 6.07) is 4.13. The van der Waals surface area contributed by atoms with Gasteiger partial charge >= 0.3 is 5.97 Å². The van der Waals surface area contributed by atoms with Crippen molar-refractivity contribution >= 4 is 17.3 Å². The van der Waals surface area contributed by atoms with Crippen LogP contribution in [0.25, 0.3) is 0 Å². The standard InChI is InChI=1S/C11H16O2S/c1-9(2)13-11(12)7-3-5-10-6-4-8-14-10/h4,6,8-9H,3,5,7H2,1-2H3. The maximum atomic E-state index is 11.2. The fourth-order valence-corrected chi connectivity index (χ4v) is 1.93. The normalized spacial score (nSPS) is 10.5. The molecule has 0 aliphatic rings. The SMILES string of the molecule is CC(C)OC(=O)CCCc1cccs1. The van der Waals surface area contributed by atoms with E-state index in [0.29, 0.717) is 6.42 Å². The van der Waals surface area contributed by atoms with Crippen LogP contribution >= 0.6 is 11.3 Å². The first-order valence-corrected chi connectivity index (χ1v) is 5.78. The van der Waals surface area contributed by atoms with Crippen LogP contribution in [0.5, 0.6) is 0 Å². The van der Waals surface area contributed by atoms with Gasteiger partial charge in [0.2, 0.25) is 0 Å². The first kappa shape index (κ1) is 11.2. The number of aryl methyl sites for hydroxylation is 1. The lowest BCUT2D eigenvalue weighted by atomic mass is 10.2. The predicted molar refractivity (Wildman–Crippen MR) is 58.5 cm³/mol. The Balaban J connectivity index is 2.12. The average molecular weight is 212 g/mol. The number of hydrogen-bond acceptors (Lipinski definition) is 3. The largest absolute Gasteiger partial charge is 0.463 e. The molecule has 0 bridgehead atoms. The Kier molecular flexibility index (Phi) is 4.66. The molecule has 0 spiro atoms. The smallest absolute Gasteiger partial charge is 0.306 e. The van der Waals surface area contributed by atoms with E-state index in [1.165, 1.54) is 4.88 Å². The van der Waals surface area contributed by atoms with Crippen LogP contribution in [0.15, 0.2) is 17.5 Å². The summed E-state index contributed by atoms with van der Waals surface area (Å²) in [4.78, 5) is 12.5. The summed E-state index contributed by atoms with van der Waals surface area (Å²) in [5, 5.41) is 2.06. The van der Waals surface area contributed by atoms with Gasteiger partial charge in [-0.05, 0) is 38.1 Å². The van der Waals surface area contributed by atoms with Crippen molar-refractivity contribution in [1.29, 1.82) is 0 Å². The second-order valence-corrected chi connectivity index (χ2v) is 4.50. The number of rotatable bonds is 5. The molecule has 0 amide bonds. The van der Waals surface area contributed by atoms with E-state index in [-0.39, 0.29) is 12.1 Å². The van der Waals surface area contributed by atoms with Gasteiger partial charge in [0.05, 0.1) is 6.10 Å². The highest BCUT2D eigenvalue weighted by Crippen LogP contribution is 2.12. The molecule has 0 N–H and O–H groups in total. The molecule has 1 heterocycles. The zero-order valence-electron chi connectivity index (χ0n) is 8.66. The zero-order chi connectivity index (χ0) is 10.4. The molecule has 0 atom stereocenters. The minimum atomic E-state index is -0.0865. The number of esters is 1. The molecule has 2 nitrogen and oxygen atoms in total. The molecular formula is C11H16O2S. The molecule has 0 aromatic carbocycles. The average Bonchev–Trinajstić information content (AvgIpc) is 2.55. The summed E-state index contributed by atoms with van der Waals surface area (Å²) in [6.07, 6.45) is 2.39. The van der Waals surface area contributed by atoms with Crippen molar-refractivity contribution in [2.24, 2.45) is 0 Å². The third-order valence-corrected chi connectivity index (χ3v) is 2.69. The highest BCUT2D eigenvalue weighted by Gasteiger charge is 2.05. The van der Waals surface area contributed by atoms with Gasteiger partial charge in [-0.3, -0.25) is 4.79 Å². The van der Waals surface area contributed by atoms with Crippen LogP contribution in [-0.2, 0) is 16.0 Å². The van der Waals surface area contributed by atoms with Gasteiger partial charge in [-0.1, -0.05) is 6.07 Å². The van der Waals surface area contributed by atoms with Crippen molar-refractivity contribution < 1.29 is 9.53 Å². The minimum absolute atomic E-state index is 0.00392. The molecule has 0 saturated carbocycles. The number of hydrogen-bond donors (Lipinski definition) is 0. The lowest BCUT2D eigenvalue weighted by Gasteiger charge is -2.06. The van der Waals surface area contributed by atoms with Crippen LogP contribution in [-0.4, -0.2) is 12.1 Å². The van der Waals surface area contributed by atoms with E-state index in [1.807, 2.05) is 19.9 Å². The molecule has 0 aliphatic heterocycles. The maximum absolute atomic E-state index is 11.2. The Morgan fingerprint density at radius 2 is 2.36 bits per heavy atom. The fraction of sp³-hybridized carbons (Fsp3) is 0.545. The Morgan fingerprint density at radius 1 is 1.57 bits per heavy atom. The summed E-state index contributed by atoms with van der Waals surface area (Å²) in [5.41, 5.74) is 0. The van der Waals surface area contributed by atoms with Crippen molar-refractivity contribution in [3.63, 3.8) is 0 Å². The first-order chi connectivity index (χ1) is 6.68. The van der Waals surface area contributed by atoms with Crippen LogP contribution in [0.1, 0.15) is 31.6 Å². The van der Waals surface area contributed by atoms with Crippen molar-refractivity contribution in [1.82, 2.24) is 0 Å². The lowest BCUT2D eigenvalue weighted by molar-refractivity contribution is -0.147. The Bertz CT molecular complexity index is 265. The minimum Gasteiger partial charge on any atom is -0.463 e. The highest BCUT2D eigenvalue weighted by atomic mass is 32.1. The lowest BCUT2D eigenvalue weighted by Crippen LogP contribution is -2.11. The number of carbonyl (C=O) groups is 1. The number of carbonyl (C=O) groups excluding carboxylic acids is 1. The quantitative estimate of drug-likeness (QED) is 0.701. The van der Waals surface area contributed by atoms with Gasteiger partial charge < -0.3 is 4.74 Å². The van der Waals surface area contributed by atoms with Gasteiger partial charge in [-0.2, -0.15) is 0 Å². The summed E-state index contributed by atoms with van der Waals surface area (Å²) in [6.45, 7) is 3.74. The molecule has 14 heavy (non-hydrogen) atoms. The Hall–Kier alpha value is -0.830. The van der Waals surface area contributed by atoms with E-state index in [9.17, 15) is 4.79 Å². The van der Waals surface area contributed by atoms with E-state index in [2.05, 4.69) is 11.4 Å². The van der Waals surface area contributed by atoms with Crippen molar-refractivity contribution in [3.05, 3.63) is 22.4 Å². The summed E-state index contributed by atoms with van der Waals surface area (Å²) in [7, 11) is 0. The molecule has 78 valence electrons. The maximum Gasteiger partial charge on any atom is 0.306 e. The number of thiophene rings is 1. The molecular weight excluding hydrogens is 196 g/mol. The van der Waals surface area contributed by atoms with Crippen LogP contribution < -0.4 is 0 Å². The van der Waals surface area contributed by atoms with Gasteiger partial charge in [-0.25, -0.2) is 0 Å². The fourth-order valence-electron chi connectivity index (χ4n) is 1.18. The first-order valence-electron chi connectivity index (χ1n) is 4.90.